The SMILES string of the molecule is CC(=O)Nc1ccc(CC(=O)N2CCN(c3ccc(Cl)nn3)CC2)nn1. The Labute approximate surface area is 155 Å². The van der Waals surface area contributed by atoms with Crippen molar-refractivity contribution in [3.63, 3.8) is 0 Å². The van der Waals surface area contributed by atoms with E-state index in [0.717, 1.165) is 5.82 Å². The minimum atomic E-state index is -0.216. The van der Waals surface area contributed by atoms with Gasteiger partial charge in [0.15, 0.2) is 16.8 Å². The summed E-state index contributed by atoms with van der Waals surface area (Å²) < 4.78 is 0. The summed E-state index contributed by atoms with van der Waals surface area (Å²) in [6, 6.07) is 6.84. The van der Waals surface area contributed by atoms with Gasteiger partial charge in [-0.15, -0.1) is 15.3 Å². The number of nitrogens with zero attached hydrogens (tertiary/aromatic N) is 6. The molecule has 1 aliphatic heterocycles. The highest BCUT2D eigenvalue weighted by molar-refractivity contribution is 6.29. The van der Waals surface area contributed by atoms with Crippen LogP contribution in [0.1, 0.15) is 12.6 Å². The standard InChI is InChI=1S/C16H18ClN7O2/c1-11(25)18-14-4-2-12(19-21-14)10-16(26)24-8-6-23(7-9-24)15-5-3-13(17)20-22-15/h2-5H,6-10H2,1H3,(H,18,21,25). The Morgan fingerprint density at radius 1 is 1.04 bits per heavy atom. The van der Waals surface area contributed by atoms with Crippen molar-refractivity contribution in [3.8, 4) is 0 Å². The third kappa shape index (κ3) is 4.63. The molecule has 0 aromatic carbocycles. The second kappa shape index (κ2) is 8.05. The maximum absolute atomic E-state index is 12.4. The van der Waals surface area contributed by atoms with Crippen molar-refractivity contribution in [3.05, 3.63) is 35.1 Å². The summed E-state index contributed by atoms with van der Waals surface area (Å²) >= 11 is 5.75. The molecule has 136 valence electrons. The zero-order chi connectivity index (χ0) is 18.5. The van der Waals surface area contributed by atoms with Crippen LogP contribution in [0.3, 0.4) is 0 Å². The van der Waals surface area contributed by atoms with E-state index in [0.29, 0.717) is 42.8 Å². The molecule has 3 rings (SSSR count). The maximum Gasteiger partial charge on any atom is 0.228 e. The quantitative estimate of drug-likeness (QED) is 0.841. The molecule has 0 spiro atoms. The van der Waals surface area contributed by atoms with Crippen LogP contribution >= 0.6 is 11.6 Å². The van der Waals surface area contributed by atoms with Crippen molar-refractivity contribution in [2.24, 2.45) is 0 Å². The zero-order valence-electron chi connectivity index (χ0n) is 14.2. The molecule has 0 bridgehead atoms. The zero-order valence-corrected chi connectivity index (χ0v) is 15.0. The van der Waals surface area contributed by atoms with Crippen LogP contribution in [0.5, 0.6) is 0 Å². The minimum absolute atomic E-state index is 0.00609. The predicted molar refractivity (Wildman–Crippen MR) is 95.9 cm³/mol. The number of hydrogen-bond acceptors (Lipinski definition) is 7. The number of carbonyl (C=O) groups excluding carboxylic acids is 2. The van der Waals surface area contributed by atoms with E-state index in [9.17, 15) is 9.59 Å². The first-order valence-corrected chi connectivity index (χ1v) is 8.51. The molecule has 0 saturated carbocycles. The van der Waals surface area contributed by atoms with Crippen molar-refractivity contribution in [1.82, 2.24) is 25.3 Å². The minimum Gasteiger partial charge on any atom is -0.352 e. The van der Waals surface area contributed by atoms with Gasteiger partial charge >= 0.3 is 0 Å². The number of aromatic nitrogens is 4. The van der Waals surface area contributed by atoms with Gasteiger partial charge in [-0.05, 0) is 24.3 Å². The Morgan fingerprint density at radius 3 is 2.38 bits per heavy atom. The molecule has 2 aromatic rings. The molecule has 1 N–H and O–H groups in total. The molecule has 3 heterocycles. The van der Waals surface area contributed by atoms with E-state index < -0.39 is 0 Å². The van der Waals surface area contributed by atoms with Gasteiger partial charge in [-0.25, -0.2) is 0 Å². The number of hydrogen-bond donors (Lipinski definition) is 1. The highest BCUT2D eigenvalue weighted by Gasteiger charge is 2.22. The van der Waals surface area contributed by atoms with E-state index in [1.807, 2.05) is 6.07 Å². The summed E-state index contributed by atoms with van der Waals surface area (Å²) in [6.45, 7) is 3.94. The van der Waals surface area contributed by atoms with Gasteiger partial charge in [-0.1, -0.05) is 11.6 Å². The normalized spacial score (nSPS) is 14.2. The Kier molecular flexibility index (Phi) is 5.57. The molecule has 0 unspecified atom stereocenters. The molecule has 2 amide bonds. The van der Waals surface area contributed by atoms with Crippen LogP contribution in [0, 0.1) is 0 Å². The fourth-order valence-corrected chi connectivity index (χ4v) is 2.73. The molecule has 1 saturated heterocycles. The molecular weight excluding hydrogens is 358 g/mol. The second-order valence-corrected chi connectivity index (χ2v) is 6.24. The summed E-state index contributed by atoms with van der Waals surface area (Å²) in [7, 11) is 0. The first-order valence-electron chi connectivity index (χ1n) is 8.13. The maximum atomic E-state index is 12.4. The highest BCUT2D eigenvalue weighted by Crippen LogP contribution is 2.15. The molecule has 2 aromatic heterocycles. The van der Waals surface area contributed by atoms with Gasteiger partial charge in [0.2, 0.25) is 11.8 Å². The lowest BCUT2D eigenvalue weighted by molar-refractivity contribution is -0.130. The number of nitrogens with one attached hydrogen (secondary N) is 1. The number of anilines is 2. The van der Waals surface area contributed by atoms with Crippen LogP contribution in [0.4, 0.5) is 11.6 Å². The largest absolute Gasteiger partial charge is 0.352 e. The Bertz CT molecular complexity index is 774. The van der Waals surface area contributed by atoms with Gasteiger partial charge in [-0.3, -0.25) is 9.59 Å². The second-order valence-electron chi connectivity index (χ2n) is 5.85. The van der Waals surface area contributed by atoms with Crippen molar-refractivity contribution < 1.29 is 9.59 Å². The summed E-state index contributed by atoms with van der Waals surface area (Å²) in [4.78, 5) is 27.3. The fraction of sp³-hybridized carbons (Fsp3) is 0.375. The van der Waals surface area contributed by atoms with Gasteiger partial charge in [-0.2, -0.15) is 5.10 Å². The van der Waals surface area contributed by atoms with Crippen LogP contribution in [-0.2, 0) is 16.0 Å². The van der Waals surface area contributed by atoms with Crippen molar-refractivity contribution in [1.29, 1.82) is 0 Å². The number of halogens is 1. The van der Waals surface area contributed by atoms with E-state index in [2.05, 4.69) is 30.6 Å². The fourth-order valence-electron chi connectivity index (χ4n) is 2.63. The van der Waals surface area contributed by atoms with Gasteiger partial charge < -0.3 is 15.1 Å². The number of amides is 2. The molecule has 0 aliphatic carbocycles. The Morgan fingerprint density at radius 2 is 1.81 bits per heavy atom. The number of carbonyl (C=O) groups is 2. The first kappa shape index (κ1) is 18.0. The lowest BCUT2D eigenvalue weighted by Gasteiger charge is -2.35. The smallest absolute Gasteiger partial charge is 0.228 e. The topological polar surface area (TPSA) is 104 Å². The molecule has 26 heavy (non-hydrogen) atoms. The average molecular weight is 376 g/mol. The number of piperazine rings is 1. The van der Waals surface area contributed by atoms with Crippen LogP contribution in [0.15, 0.2) is 24.3 Å². The summed E-state index contributed by atoms with van der Waals surface area (Å²) in [5.74, 6) is 0.895. The van der Waals surface area contributed by atoms with Gasteiger partial charge in [0.05, 0.1) is 12.1 Å². The molecule has 9 nitrogen and oxygen atoms in total. The van der Waals surface area contributed by atoms with Gasteiger partial charge in [0, 0.05) is 33.1 Å². The highest BCUT2D eigenvalue weighted by atomic mass is 35.5. The predicted octanol–water partition coefficient (Wildman–Crippen LogP) is 0.770. The molecule has 0 atom stereocenters. The number of rotatable bonds is 4. The van der Waals surface area contributed by atoms with E-state index >= 15 is 0 Å². The third-order valence-corrected chi connectivity index (χ3v) is 4.13. The van der Waals surface area contributed by atoms with Crippen LogP contribution in [0.2, 0.25) is 5.15 Å². The lowest BCUT2D eigenvalue weighted by Crippen LogP contribution is -2.49. The van der Waals surface area contributed by atoms with E-state index in [1.165, 1.54) is 6.92 Å². The monoisotopic (exact) mass is 375 g/mol. The van der Waals surface area contributed by atoms with Gasteiger partial charge in [0.25, 0.3) is 0 Å². The van der Waals surface area contributed by atoms with Crippen LogP contribution < -0.4 is 10.2 Å². The molecular formula is C16H18ClN7O2. The van der Waals surface area contributed by atoms with Crippen molar-refractivity contribution in [2.45, 2.75) is 13.3 Å². The van der Waals surface area contributed by atoms with E-state index in [1.54, 1.807) is 23.1 Å². The average Bonchev–Trinajstić information content (AvgIpc) is 2.64. The Hall–Kier alpha value is -2.81. The van der Waals surface area contributed by atoms with Crippen LogP contribution in [-0.4, -0.2) is 63.3 Å². The van der Waals surface area contributed by atoms with Crippen molar-refractivity contribution >= 4 is 35.1 Å². The Balaban J connectivity index is 1.52. The van der Waals surface area contributed by atoms with Crippen molar-refractivity contribution in [2.75, 3.05) is 36.4 Å². The molecule has 1 fully saturated rings. The molecule has 10 heteroatoms. The summed E-state index contributed by atoms with van der Waals surface area (Å²) in [5.41, 5.74) is 0.565. The van der Waals surface area contributed by atoms with E-state index in [-0.39, 0.29) is 18.2 Å². The van der Waals surface area contributed by atoms with Crippen LogP contribution in [0.25, 0.3) is 0 Å². The summed E-state index contributed by atoms with van der Waals surface area (Å²) in [6.07, 6.45) is 0.175. The van der Waals surface area contributed by atoms with E-state index in [4.69, 9.17) is 11.6 Å². The first-order chi connectivity index (χ1) is 12.5. The molecule has 1 aliphatic rings. The van der Waals surface area contributed by atoms with Gasteiger partial charge in [0.1, 0.15) is 0 Å². The summed E-state index contributed by atoms with van der Waals surface area (Å²) in [5, 5.41) is 18.7. The third-order valence-electron chi connectivity index (χ3n) is 3.93. The molecule has 0 radical (unpaired) electrons. The lowest BCUT2D eigenvalue weighted by atomic mass is 10.2.